The van der Waals surface area contributed by atoms with Gasteiger partial charge >= 0.3 is 6.36 Å². The van der Waals surface area contributed by atoms with E-state index in [-0.39, 0.29) is 18.1 Å². The van der Waals surface area contributed by atoms with E-state index in [1.54, 1.807) is 6.08 Å². The largest absolute Gasteiger partial charge is 0.572 e. The minimum Gasteiger partial charge on any atom is -0.410 e. The van der Waals surface area contributed by atoms with Crippen LogP contribution in [0.2, 0.25) is 0 Å². The zero-order chi connectivity index (χ0) is 29.2. The van der Waals surface area contributed by atoms with Gasteiger partial charge in [-0.3, -0.25) is 9.80 Å². The molecule has 1 aliphatic carbocycles. The summed E-state index contributed by atoms with van der Waals surface area (Å²) in [6.45, 7) is 7.07. The molecular formula is C34H35F3N4O. The lowest BCUT2D eigenvalue weighted by Crippen LogP contribution is -2.49. The summed E-state index contributed by atoms with van der Waals surface area (Å²) >= 11 is 0. The summed E-state index contributed by atoms with van der Waals surface area (Å²) in [4.78, 5) is 13.4. The van der Waals surface area contributed by atoms with Crippen LogP contribution in [0.3, 0.4) is 0 Å². The third-order valence-electron chi connectivity index (χ3n) is 8.17. The van der Waals surface area contributed by atoms with E-state index in [2.05, 4.69) is 86.3 Å². The fraction of sp³-hybridized carbons (Fsp3) is 0.324. The summed E-state index contributed by atoms with van der Waals surface area (Å²) < 4.78 is 42.4. The highest BCUT2D eigenvalue weighted by Crippen LogP contribution is 2.36. The van der Waals surface area contributed by atoms with E-state index in [1.165, 1.54) is 22.8 Å². The zero-order valence-electron chi connectivity index (χ0n) is 23.6. The molecule has 1 unspecified atom stereocenters. The minimum absolute atomic E-state index is 0.0174. The molecule has 2 heterocycles. The van der Waals surface area contributed by atoms with Crippen molar-refractivity contribution in [2.24, 2.45) is 5.41 Å². The molecule has 218 valence electrons. The first kappa shape index (κ1) is 28.2. The molecule has 1 aromatic heterocycles. The number of ether oxygens (including phenoxy) is 1. The molecule has 0 amide bonds. The van der Waals surface area contributed by atoms with Crippen molar-refractivity contribution in [3.63, 3.8) is 0 Å². The molecule has 1 saturated heterocycles. The Balaban J connectivity index is 1.09. The molecule has 0 saturated carbocycles. The molecule has 8 heteroatoms. The second-order valence-electron chi connectivity index (χ2n) is 11.7. The molecule has 6 rings (SSSR count). The number of nitrogens with zero attached hydrogens (tertiary/aromatic N) is 3. The molecule has 0 bridgehead atoms. The molecule has 1 aliphatic heterocycles. The van der Waals surface area contributed by atoms with E-state index in [1.807, 2.05) is 25.1 Å². The smallest absolute Gasteiger partial charge is 0.410 e. The number of piperazine rings is 1. The topological polar surface area (TPSA) is 44.4 Å². The average molecular weight is 573 g/mol. The van der Waals surface area contributed by atoms with Gasteiger partial charge in [-0.05, 0) is 34.9 Å². The molecule has 3 aromatic carbocycles. The molecule has 0 spiro atoms. The number of halogens is 3. The Kier molecular flexibility index (Phi) is 7.92. The highest BCUT2D eigenvalue weighted by Gasteiger charge is 2.36. The third kappa shape index (κ3) is 6.77. The van der Waals surface area contributed by atoms with Gasteiger partial charge in [-0.2, -0.15) is 0 Å². The molecule has 2 aliphatic rings. The number of aromatic amines is 1. The van der Waals surface area contributed by atoms with Crippen LogP contribution in [0, 0.1) is 5.41 Å². The van der Waals surface area contributed by atoms with E-state index in [9.17, 15) is 13.2 Å². The van der Waals surface area contributed by atoms with Crippen LogP contribution >= 0.6 is 0 Å². The SMILES string of the molecule is CC1(CN2CCN(Cc3ccc4nc(C(c5ccccc5)c5ccccc5)[nH]c4c3)CC2)C=CC=C(OC(F)(F)F)C1. The molecule has 4 aromatic rings. The summed E-state index contributed by atoms with van der Waals surface area (Å²) in [7, 11) is 0. The maximum Gasteiger partial charge on any atom is 0.572 e. The van der Waals surface area contributed by atoms with Gasteiger partial charge in [0.15, 0.2) is 0 Å². The monoisotopic (exact) mass is 572 g/mol. The summed E-state index contributed by atoms with van der Waals surface area (Å²) in [5.41, 5.74) is 5.20. The van der Waals surface area contributed by atoms with Crippen LogP contribution in [0.1, 0.15) is 41.8 Å². The molecule has 42 heavy (non-hydrogen) atoms. The summed E-state index contributed by atoms with van der Waals surface area (Å²) in [6, 6.07) is 27.4. The Morgan fingerprint density at radius 3 is 2.19 bits per heavy atom. The van der Waals surface area contributed by atoms with E-state index >= 15 is 0 Å². The normalized spacial score (nSPS) is 20.3. The first-order valence-corrected chi connectivity index (χ1v) is 14.4. The van der Waals surface area contributed by atoms with Crippen LogP contribution in [0.4, 0.5) is 13.2 Å². The van der Waals surface area contributed by atoms with Crippen molar-refractivity contribution in [3.8, 4) is 0 Å². The number of nitrogens with one attached hydrogen (secondary N) is 1. The fourth-order valence-corrected chi connectivity index (χ4v) is 6.22. The number of hydrogen-bond donors (Lipinski definition) is 1. The van der Waals surface area contributed by atoms with Gasteiger partial charge in [0.1, 0.15) is 11.6 Å². The number of rotatable bonds is 8. The summed E-state index contributed by atoms with van der Waals surface area (Å²) in [6.07, 6.45) is 0.674. The minimum atomic E-state index is -4.66. The number of fused-ring (bicyclic) bond motifs is 1. The molecule has 5 nitrogen and oxygen atoms in total. The van der Waals surface area contributed by atoms with E-state index in [0.717, 1.165) is 49.6 Å². The van der Waals surface area contributed by atoms with Crippen molar-refractivity contribution in [1.82, 2.24) is 19.8 Å². The highest BCUT2D eigenvalue weighted by molar-refractivity contribution is 5.76. The van der Waals surface area contributed by atoms with Gasteiger partial charge in [0.2, 0.25) is 0 Å². The third-order valence-corrected chi connectivity index (χ3v) is 8.17. The lowest BCUT2D eigenvalue weighted by molar-refractivity contribution is -0.307. The second kappa shape index (κ2) is 11.8. The van der Waals surface area contributed by atoms with Crippen LogP contribution in [0.25, 0.3) is 11.0 Å². The standard InChI is InChI=1S/C34H35F3N4O/c1-33(16-8-13-28(22-33)42-34(35,36)37)24-41-19-17-40(18-20-41)23-25-14-15-29-30(21-25)39-32(38-29)31(26-9-4-2-5-10-26)27-11-6-3-7-12-27/h2-16,21,31H,17-20,22-24H2,1H3,(H,38,39). The first-order valence-electron chi connectivity index (χ1n) is 14.4. The average Bonchev–Trinajstić information content (AvgIpc) is 3.37. The van der Waals surface area contributed by atoms with Gasteiger partial charge in [0, 0.05) is 51.1 Å². The lowest BCUT2D eigenvalue weighted by atomic mass is 9.82. The van der Waals surface area contributed by atoms with Crippen LogP contribution in [0.15, 0.2) is 103 Å². The molecule has 0 radical (unpaired) electrons. The van der Waals surface area contributed by atoms with Gasteiger partial charge in [-0.15, -0.1) is 13.2 Å². The molecule has 1 N–H and O–H groups in total. The van der Waals surface area contributed by atoms with Gasteiger partial charge in [-0.1, -0.05) is 85.8 Å². The van der Waals surface area contributed by atoms with Crippen molar-refractivity contribution >= 4 is 11.0 Å². The van der Waals surface area contributed by atoms with E-state index < -0.39 is 11.8 Å². The number of allylic oxidation sites excluding steroid dienone is 3. The summed E-state index contributed by atoms with van der Waals surface area (Å²) in [5, 5.41) is 0. The van der Waals surface area contributed by atoms with Gasteiger partial charge < -0.3 is 9.72 Å². The Hall–Kier alpha value is -3.88. The van der Waals surface area contributed by atoms with Gasteiger partial charge in [0.05, 0.1) is 17.0 Å². The van der Waals surface area contributed by atoms with E-state index in [4.69, 9.17) is 4.98 Å². The van der Waals surface area contributed by atoms with E-state index in [0.29, 0.717) is 6.54 Å². The number of H-pyrrole nitrogens is 1. The van der Waals surface area contributed by atoms with Crippen LogP contribution < -0.4 is 0 Å². The maximum absolute atomic E-state index is 12.7. The van der Waals surface area contributed by atoms with Crippen molar-refractivity contribution < 1.29 is 17.9 Å². The van der Waals surface area contributed by atoms with Crippen LogP contribution in [-0.2, 0) is 11.3 Å². The second-order valence-corrected chi connectivity index (χ2v) is 11.7. The molecular weight excluding hydrogens is 537 g/mol. The number of benzene rings is 3. The molecule has 1 fully saturated rings. The zero-order valence-corrected chi connectivity index (χ0v) is 23.6. The number of aromatic nitrogens is 2. The van der Waals surface area contributed by atoms with Crippen molar-refractivity contribution in [2.45, 2.75) is 32.2 Å². The van der Waals surface area contributed by atoms with Crippen molar-refractivity contribution in [2.75, 3.05) is 32.7 Å². The number of alkyl halides is 3. The summed E-state index contributed by atoms with van der Waals surface area (Å²) in [5.74, 6) is 0.920. The van der Waals surface area contributed by atoms with Crippen LogP contribution in [0.5, 0.6) is 0 Å². The van der Waals surface area contributed by atoms with Crippen LogP contribution in [-0.4, -0.2) is 58.9 Å². The highest BCUT2D eigenvalue weighted by atomic mass is 19.4. The maximum atomic E-state index is 12.7. The van der Waals surface area contributed by atoms with Gasteiger partial charge in [-0.25, -0.2) is 4.98 Å². The predicted octanol–water partition coefficient (Wildman–Crippen LogP) is 7.25. The Labute approximate surface area is 244 Å². The first-order chi connectivity index (χ1) is 20.2. The lowest BCUT2D eigenvalue weighted by Gasteiger charge is -2.40. The Bertz CT molecular complexity index is 1520. The quantitative estimate of drug-likeness (QED) is 0.242. The van der Waals surface area contributed by atoms with Gasteiger partial charge in [0.25, 0.3) is 0 Å². The number of imidazole rings is 1. The van der Waals surface area contributed by atoms with Crippen molar-refractivity contribution in [1.29, 1.82) is 0 Å². The Morgan fingerprint density at radius 1 is 0.905 bits per heavy atom. The fourth-order valence-electron chi connectivity index (χ4n) is 6.22. The molecule has 1 atom stereocenters. The predicted molar refractivity (Wildman–Crippen MR) is 159 cm³/mol. The number of hydrogen-bond acceptors (Lipinski definition) is 4. The van der Waals surface area contributed by atoms with Crippen molar-refractivity contribution in [3.05, 3.63) is 125 Å². The Morgan fingerprint density at radius 2 is 1.55 bits per heavy atom.